The Morgan fingerprint density at radius 2 is 1.53 bits per heavy atom. The van der Waals surface area contributed by atoms with E-state index in [-0.39, 0.29) is 0 Å². The molecule has 30 heavy (non-hydrogen) atoms. The van der Waals surface area contributed by atoms with E-state index in [9.17, 15) is 4.79 Å². The molecule has 1 aromatic rings. The van der Waals surface area contributed by atoms with Crippen molar-refractivity contribution in [1.29, 1.82) is 0 Å². The summed E-state index contributed by atoms with van der Waals surface area (Å²) in [5.41, 5.74) is 1.40. The first-order valence-corrected chi connectivity index (χ1v) is 12.3. The van der Waals surface area contributed by atoms with Crippen molar-refractivity contribution >= 4 is 5.91 Å². The maximum Gasteiger partial charge on any atom is 0.225 e. The molecule has 4 heteroatoms. The van der Waals surface area contributed by atoms with Crippen LogP contribution in [0.4, 0.5) is 0 Å². The normalized spacial score (nSPS) is 23.4. The Balaban J connectivity index is 1.24. The molecule has 3 fully saturated rings. The van der Waals surface area contributed by atoms with E-state index >= 15 is 0 Å². The fraction of sp³-hybridized carbons (Fsp3) is 0.731. The summed E-state index contributed by atoms with van der Waals surface area (Å²) in [6, 6.07) is 9.48. The van der Waals surface area contributed by atoms with Gasteiger partial charge < -0.3 is 14.5 Å². The topological polar surface area (TPSA) is 32.8 Å². The summed E-state index contributed by atoms with van der Waals surface area (Å²) in [7, 11) is 0. The molecule has 4 rings (SSSR count). The Bertz CT molecular complexity index is 681. The number of benzene rings is 1. The number of hydrogen-bond donors (Lipinski definition) is 0. The zero-order valence-electron chi connectivity index (χ0n) is 19.2. The maximum atomic E-state index is 12.5. The van der Waals surface area contributed by atoms with E-state index < -0.39 is 0 Å². The Kier molecular flexibility index (Phi) is 7.02. The number of ether oxygens (including phenoxy) is 1. The van der Waals surface area contributed by atoms with Gasteiger partial charge in [-0.1, -0.05) is 25.5 Å². The van der Waals surface area contributed by atoms with Gasteiger partial charge in [0, 0.05) is 38.1 Å². The van der Waals surface area contributed by atoms with Gasteiger partial charge in [-0.2, -0.15) is 0 Å². The minimum absolute atomic E-state index is 0.337. The van der Waals surface area contributed by atoms with Gasteiger partial charge in [0.1, 0.15) is 11.9 Å². The highest BCUT2D eigenvalue weighted by atomic mass is 16.5. The summed E-state index contributed by atoms with van der Waals surface area (Å²) in [6.45, 7) is 11.1. The molecule has 3 aliphatic rings. The second-order valence-electron chi connectivity index (χ2n) is 10.1. The molecular formula is C26H40N2O2. The second kappa shape index (κ2) is 9.72. The van der Waals surface area contributed by atoms with Crippen molar-refractivity contribution in [2.24, 2.45) is 11.8 Å². The minimum atomic E-state index is 0.337. The molecule has 166 valence electrons. The van der Waals surface area contributed by atoms with Gasteiger partial charge >= 0.3 is 0 Å². The van der Waals surface area contributed by atoms with Crippen LogP contribution in [-0.2, 0) is 4.79 Å². The van der Waals surface area contributed by atoms with Gasteiger partial charge in [-0.25, -0.2) is 0 Å². The molecule has 1 atom stereocenters. The van der Waals surface area contributed by atoms with Crippen LogP contribution in [0.3, 0.4) is 0 Å². The quantitative estimate of drug-likeness (QED) is 0.653. The predicted molar refractivity (Wildman–Crippen MR) is 122 cm³/mol. The van der Waals surface area contributed by atoms with Crippen molar-refractivity contribution in [2.45, 2.75) is 83.8 Å². The van der Waals surface area contributed by atoms with Crippen LogP contribution in [0.15, 0.2) is 24.3 Å². The number of amides is 1. The van der Waals surface area contributed by atoms with E-state index in [2.05, 4.69) is 54.8 Å². The lowest BCUT2D eigenvalue weighted by Crippen LogP contribution is -2.44. The van der Waals surface area contributed by atoms with E-state index in [1.165, 1.54) is 12.0 Å². The highest BCUT2D eigenvalue weighted by Crippen LogP contribution is 2.35. The molecule has 2 saturated heterocycles. The molecule has 1 saturated carbocycles. The number of rotatable bonds is 6. The number of hydrogen-bond acceptors (Lipinski definition) is 3. The number of carbonyl (C=O) groups excluding carboxylic acids is 1. The Morgan fingerprint density at radius 1 is 0.900 bits per heavy atom. The van der Waals surface area contributed by atoms with Gasteiger partial charge in [-0.15, -0.1) is 0 Å². The largest absolute Gasteiger partial charge is 0.490 e. The molecule has 2 heterocycles. The molecule has 0 radical (unpaired) electrons. The van der Waals surface area contributed by atoms with E-state index in [1.807, 2.05) is 0 Å². The first-order valence-electron chi connectivity index (χ1n) is 12.3. The zero-order chi connectivity index (χ0) is 21.1. The molecule has 4 nitrogen and oxygen atoms in total. The molecule has 0 bridgehead atoms. The highest BCUT2D eigenvalue weighted by molar-refractivity contribution is 5.79. The first kappa shape index (κ1) is 21.7. The first-order chi connectivity index (χ1) is 14.5. The van der Waals surface area contributed by atoms with Gasteiger partial charge in [-0.05, 0) is 81.9 Å². The average molecular weight is 413 g/mol. The second-order valence-corrected chi connectivity index (χ2v) is 10.1. The summed E-state index contributed by atoms with van der Waals surface area (Å²) < 4.78 is 6.27. The van der Waals surface area contributed by atoms with Crippen molar-refractivity contribution in [3.05, 3.63) is 29.8 Å². The SMILES string of the molecule is CC(c1ccc(OC2CCN(C(C)C)CC2)cc1)C1CCN(C(=O)C2CCC2)CC1. The lowest BCUT2D eigenvalue weighted by atomic mass is 9.80. The molecule has 1 aromatic carbocycles. The van der Waals surface area contributed by atoms with Crippen LogP contribution in [0.5, 0.6) is 5.75 Å². The monoisotopic (exact) mass is 412 g/mol. The number of piperidine rings is 2. The van der Waals surface area contributed by atoms with Crippen LogP contribution in [0, 0.1) is 11.8 Å². The highest BCUT2D eigenvalue weighted by Gasteiger charge is 2.33. The van der Waals surface area contributed by atoms with Crippen molar-refractivity contribution in [1.82, 2.24) is 9.80 Å². The Morgan fingerprint density at radius 3 is 2.07 bits per heavy atom. The summed E-state index contributed by atoms with van der Waals surface area (Å²) in [5.74, 6) is 2.98. The average Bonchev–Trinajstić information content (AvgIpc) is 2.73. The molecule has 1 amide bonds. The lowest BCUT2D eigenvalue weighted by Gasteiger charge is -2.38. The van der Waals surface area contributed by atoms with Crippen molar-refractivity contribution in [3.8, 4) is 5.75 Å². The van der Waals surface area contributed by atoms with Crippen molar-refractivity contribution in [2.75, 3.05) is 26.2 Å². The van der Waals surface area contributed by atoms with Gasteiger partial charge in [0.05, 0.1) is 0 Å². The van der Waals surface area contributed by atoms with Gasteiger partial charge in [0.2, 0.25) is 5.91 Å². The van der Waals surface area contributed by atoms with Gasteiger partial charge in [0.15, 0.2) is 0 Å². The third-order valence-electron chi connectivity index (χ3n) is 7.93. The predicted octanol–water partition coefficient (Wildman–Crippen LogP) is 5.08. The van der Waals surface area contributed by atoms with E-state index in [4.69, 9.17) is 4.74 Å². The van der Waals surface area contributed by atoms with E-state index in [0.29, 0.717) is 35.8 Å². The number of nitrogens with zero attached hydrogens (tertiary/aromatic N) is 2. The minimum Gasteiger partial charge on any atom is -0.490 e. The van der Waals surface area contributed by atoms with E-state index in [1.54, 1.807) is 0 Å². The van der Waals surface area contributed by atoms with Crippen LogP contribution in [0.2, 0.25) is 0 Å². The summed E-state index contributed by atoms with van der Waals surface area (Å²) in [6.07, 6.45) is 8.31. The van der Waals surface area contributed by atoms with Crippen LogP contribution in [0.25, 0.3) is 0 Å². The third-order valence-corrected chi connectivity index (χ3v) is 7.93. The molecule has 2 aliphatic heterocycles. The number of carbonyl (C=O) groups is 1. The summed E-state index contributed by atoms with van der Waals surface area (Å²) >= 11 is 0. The smallest absolute Gasteiger partial charge is 0.225 e. The Hall–Kier alpha value is -1.55. The summed E-state index contributed by atoms with van der Waals surface area (Å²) in [4.78, 5) is 17.2. The zero-order valence-corrected chi connectivity index (χ0v) is 19.2. The Labute approximate surface area is 183 Å². The van der Waals surface area contributed by atoms with Crippen LogP contribution in [-0.4, -0.2) is 54.0 Å². The fourth-order valence-electron chi connectivity index (χ4n) is 5.36. The van der Waals surface area contributed by atoms with Crippen LogP contribution in [0.1, 0.15) is 77.2 Å². The lowest BCUT2D eigenvalue weighted by molar-refractivity contribution is -0.139. The molecule has 0 aromatic heterocycles. The van der Waals surface area contributed by atoms with Crippen molar-refractivity contribution < 1.29 is 9.53 Å². The van der Waals surface area contributed by atoms with Crippen LogP contribution >= 0.6 is 0 Å². The molecular weight excluding hydrogens is 372 g/mol. The summed E-state index contributed by atoms with van der Waals surface area (Å²) in [5, 5.41) is 0. The molecule has 0 N–H and O–H groups in total. The van der Waals surface area contributed by atoms with Crippen molar-refractivity contribution in [3.63, 3.8) is 0 Å². The van der Waals surface area contributed by atoms with E-state index in [0.717, 1.165) is 70.5 Å². The standard InChI is InChI=1S/C26H40N2O2/c1-19(2)27-17-13-25(14-18-27)30-24-9-7-21(8-10-24)20(3)22-11-15-28(16-12-22)26(29)23-5-4-6-23/h7-10,19-20,22-23,25H,4-6,11-18H2,1-3H3. The third kappa shape index (κ3) is 5.01. The molecule has 1 aliphatic carbocycles. The molecule has 0 spiro atoms. The van der Waals surface area contributed by atoms with Crippen LogP contribution < -0.4 is 4.74 Å². The van der Waals surface area contributed by atoms with Gasteiger partial charge in [-0.3, -0.25) is 4.79 Å². The van der Waals surface area contributed by atoms with Gasteiger partial charge in [0.25, 0.3) is 0 Å². The number of likely N-dealkylation sites (tertiary alicyclic amines) is 2. The maximum absolute atomic E-state index is 12.5. The fourth-order valence-corrected chi connectivity index (χ4v) is 5.36. The molecule has 1 unspecified atom stereocenters.